The molecule has 0 saturated carbocycles. The van der Waals surface area contributed by atoms with Gasteiger partial charge in [0, 0.05) is 54.1 Å². The zero-order valence-electron chi connectivity index (χ0n) is 15.5. The van der Waals surface area contributed by atoms with Crippen molar-refractivity contribution >= 4 is 33.3 Å². The molecule has 0 unspecified atom stereocenters. The summed E-state index contributed by atoms with van der Waals surface area (Å²) < 4.78 is 7.32. The fourth-order valence-electron chi connectivity index (χ4n) is 3.16. The second-order valence-electron chi connectivity index (χ2n) is 6.36. The van der Waals surface area contributed by atoms with Gasteiger partial charge in [0.05, 0.1) is 18.7 Å². The van der Waals surface area contributed by atoms with Crippen LogP contribution in [0.25, 0.3) is 22.2 Å². The van der Waals surface area contributed by atoms with Crippen LogP contribution in [0.4, 0.5) is 5.13 Å². The Labute approximate surface area is 166 Å². The van der Waals surface area contributed by atoms with Gasteiger partial charge in [0.25, 0.3) is 0 Å². The summed E-state index contributed by atoms with van der Waals surface area (Å²) in [6.07, 6.45) is 5.79. The Bertz CT molecular complexity index is 1090. The number of para-hydroxylation sites is 1. The third kappa shape index (κ3) is 3.95. The Morgan fingerprint density at radius 2 is 2.04 bits per heavy atom. The van der Waals surface area contributed by atoms with Gasteiger partial charge in [-0.1, -0.05) is 18.2 Å². The Hall–Kier alpha value is -3.03. The maximum Gasteiger partial charge on any atom is 0.230 e. The number of benzene rings is 1. The first-order valence-electron chi connectivity index (χ1n) is 8.96. The molecule has 0 atom stereocenters. The SMILES string of the molecule is COCCn1cc(CC(=O)Nc2nc(-c3ccncc3)cs2)c2ccccc21. The first-order chi connectivity index (χ1) is 13.7. The zero-order chi connectivity index (χ0) is 19.3. The van der Waals surface area contributed by atoms with Crippen molar-refractivity contribution in [2.75, 3.05) is 19.0 Å². The molecule has 3 aromatic heterocycles. The standard InChI is InChI=1S/C21H20N4O2S/c1-27-11-10-25-13-16(17-4-2-3-5-19(17)25)12-20(26)24-21-23-18(14-28-21)15-6-8-22-9-7-15/h2-9,13-14H,10-12H2,1H3,(H,23,24,26). The van der Waals surface area contributed by atoms with Crippen LogP contribution in [0.1, 0.15) is 5.56 Å². The van der Waals surface area contributed by atoms with E-state index in [-0.39, 0.29) is 5.91 Å². The number of pyridine rings is 1. The number of carbonyl (C=O) groups excluding carboxylic acids is 1. The second-order valence-corrected chi connectivity index (χ2v) is 7.21. The van der Waals surface area contributed by atoms with Crippen LogP contribution in [0, 0.1) is 0 Å². The monoisotopic (exact) mass is 392 g/mol. The molecule has 3 heterocycles. The first kappa shape index (κ1) is 18.3. The van der Waals surface area contributed by atoms with Crippen molar-refractivity contribution in [2.45, 2.75) is 13.0 Å². The Morgan fingerprint density at radius 3 is 2.86 bits per heavy atom. The molecular formula is C21H20N4O2S. The molecule has 6 nitrogen and oxygen atoms in total. The average molecular weight is 392 g/mol. The number of fused-ring (bicyclic) bond motifs is 1. The van der Waals surface area contributed by atoms with E-state index in [0.29, 0.717) is 18.2 Å². The lowest BCUT2D eigenvalue weighted by Crippen LogP contribution is -2.14. The highest BCUT2D eigenvalue weighted by Gasteiger charge is 2.13. The summed E-state index contributed by atoms with van der Waals surface area (Å²) in [6.45, 7) is 1.38. The molecule has 4 aromatic rings. The number of aromatic nitrogens is 3. The van der Waals surface area contributed by atoms with Crippen LogP contribution in [0.15, 0.2) is 60.4 Å². The van der Waals surface area contributed by atoms with E-state index in [0.717, 1.165) is 34.3 Å². The average Bonchev–Trinajstić information content (AvgIpc) is 3.32. The number of anilines is 1. The fourth-order valence-corrected chi connectivity index (χ4v) is 3.90. The quantitative estimate of drug-likeness (QED) is 0.516. The fraction of sp³-hybridized carbons (Fsp3) is 0.190. The maximum atomic E-state index is 12.6. The highest BCUT2D eigenvalue weighted by Crippen LogP contribution is 2.25. The third-order valence-electron chi connectivity index (χ3n) is 4.49. The van der Waals surface area contributed by atoms with E-state index in [1.165, 1.54) is 11.3 Å². The van der Waals surface area contributed by atoms with E-state index < -0.39 is 0 Å². The van der Waals surface area contributed by atoms with Crippen molar-refractivity contribution in [1.82, 2.24) is 14.5 Å². The van der Waals surface area contributed by atoms with Gasteiger partial charge in [0.2, 0.25) is 5.91 Å². The number of carbonyl (C=O) groups is 1. The van der Waals surface area contributed by atoms with Gasteiger partial charge >= 0.3 is 0 Å². The van der Waals surface area contributed by atoms with E-state index in [1.807, 2.05) is 41.9 Å². The molecule has 4 rings (SSSR count). The Morgan fingerprint density at radius 1 is 1.21 bits per heavy atom. The second kappa shape index (κ2) is 8.33. The van der Waals surface area contributed by atoms with E-state index >= 15 is 0 Å². The van der Waals surface area contributed by atoms with Crippen molar-refractivity contribution in [3.05, 3.63) is 65.9 Å². The number of rotatable bonds is 7. The van der Waals surface area contributed by atoms with Gasteiger partial charge in [-0.05, 0) is 23.8 Å². The van der Waals surface area contributed by atoms with E-state index in [1.54, 1.807) is 19.5 Å². The smallest absolute Gasteiger partial charge is 0.230 e. The number of nitrogens with zero attached hydrogens (tertiary/aromatic N) is 3. The number of nitrogens with one attached hydrogen (secondary N) is 1. The molecule has 1 aromatic carbocycles. The van der Waals surface area contributed by atoms with Gasteiger partial charge < -0.3 is 14.6 Å². The van der Waals surface area contributed by atoms with Gasteiger partial charge in [-0.3, -0.25) is 9.78 Å². The van der Waals surface area contributed by atoms with E-state index in [4.69, 9.17) is 4.74 Å². The highest BCUT2D eigenvalue weighted by atomic mass is 32.1. The summed E-state index contributed by atoms with van der Waals surface area (Å²) in [7, 11) is 1.69. The molecule has 142 valence electrons. The number of thiazole rings is 1. The first-order valence-corrected chi connectivity index (χ1v) is 9.84. The molecule has 0 fully saturated rings. The number of hydrogen-bond acceptors (Lipinski definition) is 5. The molecule has 0 aliphatic rings. The van der Waals surface area contributed by atoms with Crippen LogP contribution < -0.4 is 5.32 Å². The van der Waals surface area contributed by atoms with Gasteiger partial charge in [-0.2, -0.15) is 0 Å². The predicted octanol–water partition coefficient (Wildman–Crippen LogP) is 3.99. The van der Waals surface area contributed by atoms with Crippen LogP contribution in [0.2, 0.25) is 0 Å². The summed E-state index contributed by atoms with van der Waals surface area (Å²) in [6, 6.07) is 11.9. The minimum absolute atomic E-state index is 0.0785. The van der Waals surface area contributed by atoms with Gasteiger partial charge in [0.15, 0.2) is 5.13 Å². The maximum absolute atomic E-state index is 12.6. The molecule has 0 aliphatic carbocycles. The predicted molar refractivity (Wildman–Crippen MR) is 111 cm³/mol. The van der Waals surface area contributed by atoms with Crippen LogP contribution in [0.3, 0.4) is 0 Å². The van der Waals surface area contributed by atoms with Gasteiger partial charge in [-0.25, -0.2) is 4.98 Å². The van der Waals surface area contributed by atoms with Crippen molar-refractivity contribution in [2.24, 2.45) is 0 Å². The lowest BCUT2D eigenvalue weighted by atomic mass is 10.1. The number of hydrogen-bond donors (Lipinski definition) is 1. The molecule has 0 bridgehead atoms. The molecule has 7 heteroatoms. The Kier molecular flexibility index (Phi) is 5.45. The molecule has 28 heavy (non-hydrogen) atoms. The Balaban J connectivity index is 1.49. The van der Waals surface area contributed by atoms with E-state index in [9.17, 15) is 4.79 Å². The molecular weight excluding hydrogens is 372 g/mol. The van der Waals surface area contributed by atoms with Gasteiger partial charge in [0.1, 0.15) is 0 Å². The van der Waals surface area contributed by atoms with Crippen LogP contribution >= 0.6 is 11.3 Å². The van der Waals surface area contributed by atoms with Gasteiger partial charge in [-0.15, -0.1) is 11.3 Å². The molecule has 1 N–H and O–H groups in total. The minimum Gasteiger partial charge on any atom is -0.383 e. The zero-order valence-corrected chi connectivity index (χ0v) is 16.3. The van der Waals surface area contributed by atoms with Crippen molar-refractivity contribution in [1.29, 1.82) is 0 Å². The third-order valence-corrected chi connectivity index (χ3v) is 5.24. The van der Waals surface area contributed by atoms with Crippen molar-refractivity contribution in [3.63, 3.8) is 0 Å². The highest BCUT2D eigenvalue weighted by molar-refractivity contribution is 7.14. The molecule has 0 aliphatic heterocycles. The number of methoxy groups -OCH3 is 1. The molecule has 0 spiro atoms. The van der Waals surface area contributed by atoms with Crippen molar-refractivity contribution in [3.8, 4) is 11.3 Å². The summed E-state index contributed by atoms with van der Waals surface area (Å²) in [5.41, 5.74) is 3.92. The van der Waals surface area contributed by atoms with E-state index in [2.05, 4.69) is 25.9 Å². The molecule has 0 saturated heterocycles. The molecule has 1 amide bonds. The largest absolute Gasteiger partial charge is 0.383 e. The summed E-state index contributed by atoms with van der Waals surface area (Å²) >= 11 is 1.42. The molecule has 0 radical (unpaired) electrons. The van der Waals surface area contributed by atoms with Crippen molar-refractivity contribution < 1.29 is 9.53 Å². The lowest BCUT2D eigenvalue weighted by molar-refractivity contribution is -0.115. The van der Waals surface area contributed by atoms with Crippen LogP contribution in [-0.4, -0.2) is 34.2 Å². The minimum atomic E-state index is -0.0785. The topological polar surface area (TPSA) is 69.0 Å². The van der Waals surface area contributed by atoms with Crippen LogP contribution in [0.5, 0.6) is 0 Å². The van der Waals surface area contributed by atoms with Crippen LogP contribution in [-0.2, 0) is 22.5 Å². The summed E-state index contributed by atoms with van der Waals surface area (Å²) in [4.78, 5) is 21.1. The number of amides is 1. The normalized spacial score (nSPS) is 11.0. The summed E-state index contributed by atoms with van der Waals surface area (Å²) in [5.74, 6) is -0.0785. The summed E-state index contributed by atoms with van der Waals surface area (Å²) in [5, 5.41) is 6.53. The lowest BCUT2D eigenvalue weighted by Gasteiger charge is -2.03. The number of ether oxygens (including phenoxy) is 1.